The molecule has 0 spiro atoms. The lowest BCUT2D eigenvalue weighted by atomic mass is 10.3. The summed E-state index contributed by atoms with van der Waals surface area (Å²) >= 11 is 0. The third-order valence-corrected chi connectivity index (χ3v) is 10.8. The van der Waals surface area contributed by atoms with Gasteiger partial charge in [0.15, 0.2) is 16.6 Å². The first-order valence-corrected chi connectivity index (χ1v) is 17.4. The molecular weight excluding hydrogens is 386 g/mol. The fourth-order valence-corrected chi connectivity index (χ4v) is 5.44. The second kappa shape index (κ2) is 17.0. The van der Waals surface area contributed by atoms with Gasteiger partial charge in [0, 0.05) is 40.5 Å². The monoisotopic (exact) mass is 435 g/mol. The smallest absolute Gasteiger partial charge is 0.186 e. The second-order valence-corrected chi connectivity index (χ2v) is 17.9. The van der Waals surface area contributed by atoms with Crippen molar-refractivity contribution in [2.24, 2.45) is 0 Å². The number of nitrogens with zero attached hydrogens (tertiary/aromatic N) is 1. The summed E-state index contributed by atoms with van der Waals surface area (Å²) in [7, 11) is 3.11. The fraction of sp³-hybridized carbons (Fsp3) is 1.00. The summed E-state index contributed by atoms with van der Waals surface area (Å²) in [4.78, 5) is 2.29. The Morgan fingerprint density at radius 3 is 1.32 bits per heavy atom. The Balaban J connectivity index is 3.33. The standard InChI is InChI=1S/C21H49NO4Si2/c1-22(14-18-25-16-10-8-12-20-27(4,5)23-2)15-19-26-17-11-9-13-21-28(6,7)24-3/h8-21H2,1-7H3. The van der Waals surface area contributed by atoms with E-state index in [1.165, 1.54) is 37.8 Å². The highest BCUT2D eigenvalue weighted by atomic mass is 28.4. The highest BCUT2D eigenvalue weighted by Crippen LogP contribution is 2.15. The average molecular weight is 436 g/mol. The van der Waals surface area contributed by atoms with E-state index in [1.807, 2.05) is 14.2 Å². The molecule has 0 aliphatic carbocycles. The summed E-state index contributed by atoms with van der Waals surface area (Å²) in [6, 6.07) is 2.50. The molecule has 0 radical (unpaired) electrons. The van der Waals surface area contributed by atoms with Gasteiger partial charge in [-0.1, -0.05) is 25.7 Å². The largest absolute Gasteiger partial charge is 0.420 e. The number of unbranched alkanes of at least 4 members (excludes halogenated alkanes) is 4. The number of hydrogen-bond acceptors (Lipinski definition) is 5. The van der Waals surface area contributed by atoms with E-state index < -0.39 is 16.6 Å². The molecule has 0 aliphatic heterocycles. The van der Waals surface area contributed by atoms with Crippen LogP contribution in [0.5, 0.6) is 0 Å². The maximum atomic E-state index is 5.76. The first kappa shape index (κ1) is 28.2. The van der Waals surface area contributed by atoms with Crippen LogP contribution in [0, 0.1) is 0 Å². The number of hydrogen-bond donors (Lipinski definition) is 0. The van der Waals surface area contributed by atoms with Gasteiger partial charge >= 0.3 is 0 Å². The van der Waals surface area contributed by atoms with E-state index >= 15 is 0 Å². The van der Waals surface area contributed by atoms with Crippen molar-refractivity contribution in [3.8, 4) is 0 Å². The summed E-state index contributed by atoms with van der Waals surface area (Å²) in [6.07, 6.45) is 7.33. The van der Waals surface area contributed by atoms with Gasteiger partial charge in [-0.25, -0.2) is 0 Å². The van der Waals surface area contributed by atoms with Crippen LogP contribution in [0.15, 0.2) is 0 Å². The Hall–Kier alpha value is 0.234. The molecule has 170 valence electrons. The van der Waals surface area contributed by atoms with Crippen molar-refractivity contribution in [1.29, 1.82) is 0 Å². The molecule has 0 aromatic carbocycles. The maximum absolute atomic E-state index is 5.76. The van der Waals surface area contributed by atoms with Crippen LogP contribution >= 0.6 is 0 Å². The zero-order valence-corrected chi connectivity index (χ0v) is 22.0. The third kappa shape index (κ3) is 18.3. The predicted molar refractivity (Wildman–Crippen MR) is 125 cm³/mol. The van der Waals surface area contributed by atoms with Crippen LogP contribution in [0.2, 0.25) is 38.3 Å². The van der Waals surface area contributed by atoms with Crippen molar-refractivity contribution in [3.05, 3.63) is 0 Å². The van der Waals surface area contributed by atoms with Crippen molar-refractivity contribution in [2.45, 2.75) is 76.8 Å². The molecule has 0 saturated carbocycles. The molecule has 0 N–H and O–H groups in total. The highest BCUT2D eigenvalue weighted by molar-refractivity contribution is 6.71. The van der Waals surface area contributed by atoms with Crippen LogP contribution in [0.1, 0.15) is 38.5 Å². The normalized spacial score (nSPS) is 12.9. The zero-order chi connectivity index (χ0) is 21.3. The van der Waals surface area contributed by atoms with Gasteiger partial charge in [0.1, 0.15) is 0 Å². The van der Waals surface area contributed by atoms with E-state index in [9.17, 15) is 0 Å². The SMILES string of the molecule is CO[Si](C)(C)CCCCCOCCN(C)CCOCCCCC[Si](C)(C)OC. The number of rotatable bonds is 20. The molecular formula is C21H49NO4Si2. The van der Waals surface area contributed by atoms with E-state index in [-0.39, 0.29) is 0 Å². The van der Waals surface area contributed by atoms with E-state index in [4.69, 9.17) is 18.3 Å². The molecule has 0 aromatic heterocycles. The molecule has 0 unspecified atom stereocenters. The van der Waals surface area contributed by atoms with Gasteiger partial charge in [0.05, 0.1) is 13.2 Å². The molecule has 0 atom stereocenters. The molecule has 28 heavy (non-hydrogen) atoms. The van der Waals surface area contributed by atoms with Gasteiger partial charge < -0.3 is 23.2 Å². The Bertz CT molecular complexity index is 325. The number of likely N-dealkylation sites (N-methyl/N-ethyl adjacent to an activating group) is 1. The van der Waals surface area contributed by atoms with Crippen LogP contribution in [0.3, 0.4) is 0 Å². The van der Waals surface area contributed by atoms with E-state index in [2.05, 4.69) is 38.1 Å². The second-order valence-electron chi connectivity index (χ2n) is 9.08. The summed E-state index contributed by atoms with van der Waals surface area (Å²) in [5.74, 6) is 0. The molecule has 0 saturated heterocycles. The van der Waals surface area contributed by atoms with Crippen LogP contribution in [0.25, 0.3) is 0 Å². The summed E-state index contributed by atoms with van der Waals surface area (Å²) < 4.78 is 22.7. The zero-order valence-electron chi connectivity index (χ0n) is 20.0. The lowest BCUT2D eigenvalue weighted by Crippen LogP contribution is -2.28. The lowest BCUT2D eigenvalue weighted by molar-refractivity contribution is 0.0816. The minimum atomic E-state index is -1.37. The summed E-state index contributed by atoms with van der Waals surface area (Å²) in [5.41, 5.74) is 0. The fourth-order valence-electron chi connectivity index (χ4n) is 2.82. The minimum Gasteiger partial charge on any atom is -0.420 e. The van der Waals surface area contributed by atoms with Gasteiger partial charge in [-0.05, 0) is 58.2 Å². The van der Waals surface area contributed by atoms with Crippen molar-refractivity contribution >= 4 is 16.6 Å². The van der Waals surface area contributed by atoms with Crippen LogP contribution in [0.4, 0.5) is 0 Å². The van der Waals surface area contributed by atoms with Crippen molar-refractivity contribution in [3.63, 3.8) is 0 Å². The highest BCUT2D eigenvalue weighted by Gasteiger charge is 2.19. The Kier molecular flexibility index (Phi) is 17.1. The first-order valence-electron chi connectivity index (χ1n) is 11.2. The number of ether oxygens (including phenoxy) is 2. The van der Waals surface area contributed by atoms with Gasteiger partial charge in [-0.3, -0.25) is 0 Å². The predicted octanol–water partition coefficient (Wildman–Crippen LogP) is 5.00. The topological polar surface area (TPSA) is 40.2 Å². The molecule has 5 nitrogen and oxygen atoms in total. The lowest BCUT2D eigenvalue weighted by Gasteiger charge is -2.19. The maximum Gasteiger partial charge on any atom is 0.186 e. The quantitative estimate of drug-likeness (QED) is 0.199. The summed E-state index contributed by atoms with van der Waals surface area (Å²) in [5, 5.41) is 0. The van der Waals surface area contributed by atoms with Gasteiger partial charge in [0.25, 0.3) is 0 Å². The van der Waals surface area contributed by atoms with Crippen LogP contribution in [-0.4, -0.2) is 82.3 Å². The minimum absolute atomic E-state index is 0.813. The molecule has 0 rings (SSSR count). The van der Waals surface area contributed by atoms with E-state index in [0.29, 0.717) is 0 Å². The molecule has 0 heterocycles. The molecule has 0 aliphatic rings. The van der Waals surface area contributed by atoms with Crippen LogP contribution in [-0.2, 0) is 18.3 Å². The third-order valence-electron chi connectivity index (χ3n) is 5.47. The van der Waals surface area contributed by atoms with Gasteiger partial charge in [-0.2, -0.15) is 0 Å². The summed E-state index contributed by atoms with van der Waals surface area (Å²) in [6.45, 7) is 14.5. The van der Waals surface area contributed by atoms with E-state index in [1.54, 1.807) is 0 Å². The van der Waals surface area contributed by atoms with Crippen molar-refractivity contribution in [1.82, 2.24) is 4.90 Å². The van der Waals surface area contributed by atoms with Crippen molar-refractivity contribution in [2.75, 3.05) is 60.8 Å². The molecule has 0 amide bonds. The molecule has 0 aromatic rings. The van der Waals surface area contributed by atoms with Gasteiger partial charge in [-0.15, -0.1) is 0 Å². The molecule has 0 bridgehead atoms. The Labute approximate surface area is 177 Å². The van der Waals surface area contributed by atoms with Crippen LogP contribution < -0.4 is 0 Å². The average Bonchev–Trinajstić information content (AvgIpc) is 2.65. The molecule has 7 heteroatoms. The Morgan fingerprint density at radius 2 is 0.964 bits per heavy atom. The van der Waals surface area contributed by atoms with Gasteiger partial charge in [0.2, 0.25) is 0 Å². The molecule has 0 fully saturated rings. The van der Waals surface area contributed by atoms with E-state index in [0.717, 1.165) is 52.4 Å². The Morgan fingerprint density at radius 1 is 0.571 bits per heavy atom. The van der Waals surface area contributed by atoms with Crippen molar-refractivity contribution < 1.29 is 18.3 Å². The first-order chi connectivity index (χ1) is 13.2.